The van der Waals surface area contributed by atoms with Crippen molar-refractivity contribution in [3.8, 4) is 0 Å². The molecule has 3 heterocycles. The molecular formula is C42H54O19. The molecular weight excluding hydrogens is 808 g/mol. The summed E-state index contributed by atoms with van der Waals surface area (Å²) in [4.78, 5) is 94.5. The summed E-state index contributed by atoms with van der Waals surface area (Å²) in [5, 5.41) is 28.8. The average molecular weight is 863 g/mol. The van der Waals surface area contributed by atoms with Crippen LogP contribution in [0.5, 0.6) is 0 Å². The summed E-state index contributed by atoms with van der Waals surface area (Å²) in [5.74, 6) is -12.2. The van der Waals surface area contributed by atoms with Crippen LogP contribution in [0.25, 0.3) is 0 Å². The van der Waals surface area contributed by atoms with Crippen LogP contribution in [0.15, 0.2) is 23.0 Å². The molecule has 6 aliphatic rings. The minimum atomic E-state index is -2.95. The topological polar surface area (TPSA) is 256 Å². The summed E-state index contributed by atoms with van der Waals surface area (Å²) in [7, 11) is 1.02. The van der Waals surface area contributed by atoms with E-state index in [9.17, 15) is 43.8 Å². The Morgan fingerprint density at radius 3 is 1.89 bits per heavy atom. The Morgan fingerprint density at radius 1 is 0.803 bits per heavy atom. The van der Waals surface area contributed by atoms with Gasteiger partial charge in [-0.15, -0.1) is 0 Å². The number of esters is 7. The lowest BCUT2D eigenvalue weighted by atomic mass is 9.32. The fourth-order valence-corrected chi connectivity index (χ4v) is 13.6. The van der Waals surface area contributed by atoms with Gasteiger partial charge in [-0.2, -0.15) is 0 Å². The molecule has 6 fully saturated rings. The number of ether oxygens (including phenoxy) is 9. The second-order valence-electron chi connectivity index (χ2n) is 18.5. The van der Waals surface area contributed by atoms with Crippen LogP contribution in [0.3, 0.4) is 0 Å². The summed E-state index contributed by atoms with van der Waals surface area (Å²) >= 11 is 0. The number of hydrogen-bond donors (Lipinski definition) is 2. The third-order valence-electron chi connectivity index (χ3n) is 15.1. The van der Waals surface area contributed by atoms with E-state index in [2.05, 4.69) is 0 Å². The number of methoxy groups -OCH3 is 1. The minimum Gasteiger partial charge on any atom is -0.472 e. The molecule has 7 rings (SSSR count). The van der Waals surface area contributed by atoms with Crippen LogP contribution in [0.2, 0.25) is 0 Å². The van der Waals surface area contributed by atoms with Crippen LogP contribution in [0.1, 0.15) is 101 Å². The monoisotopic (exact) mass is 862 g/mol. The molecule has 16 atom stereocenters. The number of furan rings is 1. The van der Waals surface area contributed by atoms with E-state index in [1.54, 1.807) is 20.8 Å². The Balaban J connectivity index is 1.72. The van der Waals surface area contributed by atoms with Crippen molar-refractivity contribution < 1.29 is 90.8 Å². The van der Waals surface area contributed by atoms with Gasteiger partial charge in [0.05, 0.1) is 25.1 Å². The largest absolute Gasteiger partial charge is 0.472 e. The molecule has 2 saturated heterocycles. The molecule has 336 valence electrons. The fraction of sp³-hybridized carbons (Fsp3) is 0.738. The van der Waals surface area contributed by atoms with Gasteiger partial charge >= 0.3 is 41.8 Å². The van der Waals surface area contributed by atoms with E-state index in [1.165, 1.54) is 32.4 Å². The normalized spacial score (nSPS) is 44.3. The van der Waals surface area contributed by atoms with Crippen molar-refractivity contribution in [3.05, 3.63) is 24.2 Å². The van der Waals surface area contributed by atoms with E-state index in [-0.39, 0.29) is 12.0 Å². The Bertz CT molecular complexity index is 2070. The summed E-state index contributed by atoms with van der Waals surface area (Å²) in [6.45, 7) is 14.4. The third-order valence-corrected chi connectivity index (χ3v) is 15.1. The first-order valence-electron chi connectivity index (χ1n) is 20.2. The van der Waals surface area contributed by atoms with Gasteiger partial charge in [0.25, 0.3) is 0 Å². The molecule has 19 heteroatoms. The van der Waals surface area contributed by atoms with E-state index < -0.39 is 147 Å². The first-order valence-corrected chi connectivity index (χ1v) is 20.2. The third kappa shape index (κ3) is 5.14. The standard InChI is InChI=1S/C42H54O19/c1-18(2)38-15-26-36(10,29(55-20(4)44)25-13-14-53-16-25)30(56-21(5)45)31(57-22(6)46)42(51)37(11)28(27(32(49)52-12)54-19(3)43)35(9)17-39(37,50)41(59-24(8)48,33(35)58-23(7)47)34(60-38)40(26,42)61-38/h13-14,16,18,26-31,33-34,50-51H,15,17H2,1-12H3/t26-,27-,28+,29+,30+,31-,33+,34+,35-,36-,37-,38-,39-,40-,41+,42+/m1/s1. The molecule has 1 spiro atoms. The van der Waals surface area contributed by atoms with Crippen LogP contribution in [-0.2, 0) is 76.2 Å². The maximum absolute atomic E-state index is 14.7. The van der Waals surface area contributed by atoms with Gasteiger partial charge in [0, 0.05) is 82.1 Å². The van der Waals surface area contributed by atoms with Crippen molar-refractivity contribution in [2.24, 2.45) is 34.0 Å². The van der Waals surface area contributed by atoms with E-state index in [0.29, 0.717) is 0 Å². The molecule has 19 nitrogen and oxygen atoms in total. The molecule has 1 aromatic heterocycles. The Labute approximate surface area is 351 Å². The first-order chi connectivity index (χ1) is 28.2. The van der Waals surface area contributed by atoms with Crippen molar-refractivity contribution in [2.75, 3.05) is 7.11 Å². The highest BCUT2D eigenvalue weighted by atomic mass is 16.8. The summed E-state index contributed by atoms with van der Waals surface area (Å²) in [6, 6.07) is 1.51. The van der Waals surface area contributed by atoms with Crippen molar-refractivity contribution in [2.45, 2.75) is 154 Å². The highest BCUT2D eigenvalue weighted by Crippen LogP contribution is 2.88. The van der Waals surface area contributed by atoms with Crippen molar-refractivity contribution in [3.63, 3.8) is 0 Å². The predicted octanol–water partition coefficient (Wildman–Crippen LogP) is 2.15. The number of hydrogen-bond acceptors (Lipinski definition) is 19. The second kappa shape index (κ2) is 13.7. The zero-order valence-electron chi connectivity index (χ0n) is 36.2. The molecule has 0 radical (unpaired) electrons. The lowest BCUT2D eigenvalue weighted by Gasteiger charge is -2.77. The van der Waals surface area contributed by atoms with Crippen molar-refractivity contribution >= 4 is 41.8 Å². The van der Waals surface area contributed by atoms with Crippen LogP contribution in [0.4, 0.5) is 0 Å². The molecule has 0 amide bonds. The fourth-order valence-electron chi connectivity index (χ4n) is 13.6. The molecule has 4 bridgehead atoms. The predicted molar refractivity (Wildman–Crippen MR) is 199 cm³/mol. The summed E-state index contributed by atoms with van der Waals surface area (Å²) < 4.78 is 61.9. The van der Waals surface area contributed by atoms with Crippen molar-refractivity contribution in [1.82, 2.24) is 0 Å². The quantitative estimate of drug-likeness (QED) is 0.239. The SMILES string of the molecule is COC(=O)[C@H](OC(C)=O)[C@H]1[C@@]2(C)C[C@]3(O)[C@@](OC(C)=O)([C@H]4O[C@]5(C(C)C)C[C@@H]6[C@](C)([C@@H](OC(C)=O)c7ccoc7)[C@@H](OC(C)=O)[C@@H](OC(C)=O)[C@@](O)([C@@]64O5)[C@]13C)[C@H]2OC(C)=O. The maximum atomic E-state index is 14.7. The van der Waals surface area contributed by atoms with Gasteiger partial charge in [-0.05, 0) is 12.5 Å². The molecule has 1 aromatic rings. The highest BCUT2D eigenvalue weighted by molar-refractivity contribution is 5.80. The lowest BCUT2D eigenvalue weighted by Crippen LogP contribution is -2.97. The van der Waals surface area contributed by atoms with Gasteiger partial charge in [-0.3, -0.25) is 28.8 Å². The summed E-state index contributed by atoms with van der Waals surface area (Å²) in [5.41, 5.74) is -16.5. The zero-order valence-corrected chi connectivity index (χ0v) is 36.2. The van der Waals surface area contributed by atoms with Gasteiger partial charge in [-0.25, -0.2) is 4.79 Å². The van der Waals surface area contributed by atoms with Crippen LogP contribution >= 0.6 is 0 Å². The average Bonchev–Trinajstić information content (AvgIpc) is 3.94. The molecule has 61 heavy (non-hydrogen) atoms. The second-order valence-corrected chi connectivity index (χ2v) is 18.5. The van der Waals surface area contributed by atoms with Gasteiger partial charge in [0.15, 0.2) is 24.1 Å². The van der Waals surface area contributed by atoms with Crippen LogP contribution in [-0.4, -0.2) is 118 Å². The van der Waals surface area contributed by atoms with E-state index >= 15 is 0 Å². The smallest absolute Gasteiger partial charge is 0.347 e. The molecule has 4 aliphatic carbocycles. The number of fused-ring (bicyclic) bond motifs is 4. The number of carbonyl (C=O) groups is 7. The van der Waals surface area contributed by atoms with Gasteiger partial charge in [0.2, 0.25) is 11.7 Å². The highest BCUT2D eigenvalue weighted by Gasteiger charge is 3.05. The van der Waals surface area contributed by atoms with Crippen molar-refractivity contribution in [1.29, 1.82) is 0 Å². The molecule has 0 unspecified atom stereocenters. The number of rotatable bonds is 11. The Morgan fingerprint density at radius 2 is 1.39 bits per heavy atom. The number of aliphatic hydroxyl groups is 2. The molecule has 2 N–H and O–H groups in total. The van der Waals surface area contributed by atoms with E-state index in [4.69, 9.17) is 47.0 Å². The lowest BCUT2D eigenvalue weighted by molar-refractivity contribution is -0.443. The zero-order chi connectivity index (χ0) is 45.4. The molecule has 2 aliphatic heterocycles. The Hall–Kier alpha value is -4.59. The van der Waals surface area contributed by atoms with Crippen LogP contribution < -0.4 is 0 Å². The van der Waals surface area contributed by atoms with E-state index in [1.807, 2.05) is 0 Å². The maximum Gasteiger partial charge on any atom is 0.347 e. The minimum absolute atomic E-state index is 0.171. The Kier molecular flexibility index (Phi) is 9.99. The van der Waals surface area contributed by atoms with E-state index in [0.717, 1.165) is 48.7 Å². The molecule has 4 saturated carbocycles. The number of carbonyl (C=O) groups excluding carboxylic acids is 7. The van der Waals surface area contributed by atoms with Crippen LogP contribution in [0, 0.1) is 34.0 Å². The van der Waals surface area contributed by atoms with Gasteiger partial charge < -0.3 is 57.3 Å². The summed E-state index contributed by atoms with van der Waals surface area (Å²) in [6.07, 6.45) is -9.07. The van der Waals surface area contributed by atoms with Gasteiger partial charge in [0.1, 0.15) is 29.0 Å². The molecule has 0 aromatic carbocycles. The first kappa shape index (κ1) is 44.5. The van der Waals surface area contributed by atoms with Gasteiger partial charge in [-0.1, -0.05) is 34.6 Å².